The van der Waals surface area contributed by atoms with Crippen molar-refractivity contribution in [3.05, 3.63) is 103 Å². The standard InChI is InChI=1S/C28H19Cl2IN2O3/c1-35-25-14-17(12-20(15-32)28(34)33-24-11-5-10-22(29)26(24)30)13-23(31)27(25)36-16-19-8-4-7-18-6-2-3-9-21(18)19/h2-14H,16H2,1H3,(H,33,34)/b20-12-. The van der Waals surface area contributed by atoms with E-state index in [-0.39, 0.29) is 10.6 Å². The molecule has 180 valence electrons. The minimum Gasteiger partial charge on any atom is -0.493 e. The van der Waals surface area contributed by atoms with Gasteiger partial charge in [0.2, 0.25) is 0 Å². The van der Waals surface area contributed by atoms with Gasteiger partial charge in [-0.05, 0) is 74.8 Å². The molecule has 0 aliphatic rings. The molecule has 0 aromatic heterocycles. The maximum Gasteiger partial charge on any atom is 0.266 e. The first-order valence-electron chi connectivity index (χ1n) is 10.8. The number of nitrogens with one attached hydrogen (secondary N) is 1. The van der Waals surface area contributed by atoms with Crippen molar-refractivity contribution in [1.29, 1.82) is 5.26 Å². The third kappa shape index (κ3) is 5.76. The van der Waals surface area contributed by atoms with Crippen LogP contribution in [0.5, 0.6) is 11.5 Å². The number of rotatable bonds is 7. The second-order valence-corrected chi connectivity index (χ2v) is 9.63. The summed E-state index contributed by atoms with van der Waals surface area (Å²) in [5.41, 5.74) is 1.88. The van der Waals surface area contributed by atoms with E-state index in [1.807, 2.05) is 36.4 Å². The molecule has 4 rings (SSSR count). The molecule has 1 amide bonds. The molecule has 4 aromatic carbocycles. The first-order chi connectivity index (χ1) is 17.4. The highest BCUT2D eigenvalue weighted by Crippen LogP contribution is 2.36. The molecule has 0 heterocycles. The largest absolute Gasteiger partial charge is 0.493 e. The molecule has 8 heteroatoms. The number of amides is 1. The van der Waals surface area contributed by atoms with Crippen molar-refractivity contribution in [2.45, 2.75) is 6.61 Å². The van der Waals surface area contributed by atoms with Gasteiger partial charge in [0.15, 0.2) is 11.5 Å². The Bertz CT molecular complexity index is 1520. The SMILES string of the molecule is COc1cc(/C=C(/C#N)C(=O)Nc2cccc(Cl)c2Cl)cc(I)c1OCc1cccc2ccccc12. The van der Waals surface area contributed by atoms with Gasteiger partial charge in [0.05, 0.1) is 26.4 Å². The van der Waals surface area contributed by atoms with Gasteiger partial charge >= 0.3 is 0 Å². The maximum absolute atomic E-state index is 12.7. The molecule has 0 saturated carbocycles. The monoisotopic (exact) mass is 628 g/mol. The van der Waals surface area contributed by atoms with Gasteiger partial charge < -0.3 is 14.8 Å². The van der Waals surface area contributed by atoms with E-state index in [1.165, 1.54) is 6.08 Å². The molecule has 0 unspecified atom stereocenters. The number of carbonyl (C=O) groups excluding carboxylic acids is 1. The third-order valence-electron chi connectivity index (χ3n) is 5.38. The second-order valence-electron chi connectivity index (χ2n) is 7.69. The maximum atomic E-state index is 12.7. The fourth-order valence-corrected chi connectivity index (χ4v) is 4.77. The number of hydrogen-bond donors (Lipinski definition) is 1. The van der Waals surface area contributed by atoms with Gasteiger partial charge in [0.25, 0.3) is 5.91 Å². The van der Waals surface area contributed by atoms with Crippen molar-refractivity contribution >= 4 is 74.2 Å². The fourth-order valence-electron chi connectivity index (χ4n) is 3.64. The van der Waals surface area contributed by atoms with E-state index < -0.39 is 5.91 Å². The molecule has 0 saturated heterocycles. The quantitative estimate of drug-likeness (QED) is 0.128. The van der Waals surface area contributed by atoms with Crippen molar-refractivity contribution in [2.24, 2.45) is 0 Å². The highest BCUT2D eigenvalue weighted by molar-refractivity contribution is 14.1. The number of nitrogens with zero attached hydrogens (tertiary/aromatic N) is 1. The Hall–Kier alpha value is -3.25. The Morgan fingerprint density at radius 2 is 1.83 bits per heavy atom. The van der Waals surface area contributed by atoms with Crippen LogP contribution in [0.1, 0.15) is 11.1 Å². The summed E-state index contributed by atoms with van der Waals surface area (Å²) in [6, 6.07) is 24.6. The van der Waals surface area contributed by atoms with Gasteiger partial charge in [-0.3, -0.25) is 4.79 Å². The zero-order chi connectivity index (χ0) is 25.7. The first kappa shape index (κ1) is 25.8. The average molecular weight is 629 g/mol. The van der Waals surface area contributed by atoms with Crippen LogP contribution in [0.25, 0.3) is 16.8 Å². The van der Waals surface area contributed by atoms with Gasteiger partial charge in [-0.2, -0.15) is 5.26 Å². The number of fused-ring (bicyclic) bond motifs is 1. The lowest BCUT2D eigenvalue weighted by molar-refractivity contribution is -0.112. The molecule has 0 aliphatic carbocycles. The third-order valence-corrected chi connectivity index (χ3v) is 7.00. The van der Waals surface area contributed by atoms with Crippen LogP contribution in [-0.2, 0) is 11.4 Å². The first-order valence-corrected chi connectivity index (χ1v) is 12.6. The minimum absolute atomic E-state index is 0.103. The Balaban J connectivity index is 1.58. The summed E-state index contributed by atoms with van der Waals surface area (Å²) < 4.78 is 12.5. The van der Waals surface area contributed by atoms with Crippen LogP contribution in [0.15, 0.2) is 78.4 Å². The molecule has 0 fully saturated rings. The van der Waals surface area contributed by atoms with Gasteiger partial charge in [-0.25, -0.2) is 0 Å². The van der Waals surface area contributed by atoms with E-state index in [1.54, 1.807) is 31.4 Å². The average Bonchev–Trinajstić information content (AvgIpc) is 2.88. The van der Waals surface area contributed by atoms with Crippen molar-refractivity contribution in [3.63, 3.8) is 0 Å². The summed E-state index contributed by atoms with van der Waals surface area (Å²) in [4.78, 5) is 12.7. The number of anilines is 1. The van der Waals surface area contributed by atoms with E-state index >= 15 is 0 Å². The molecule has 0 aliphatic heterocycles. The smallest absolute Gasteiger partial charge is 0.266 e. The van der Waals surface area contributed by atoms with E-state index in [0.29, 0.717) is 34.4 Å². The fraction of sp³-hybridized carbons (Fsp3) is 0.0714. The molecule has 0 atom stereocenters. The van der Waals surface area contributed by atoms with Crippen LogP contribution in [0.2, 0.25) is 10.0 Å². The molecule has 5 nitrogen and oxygen atoms in total. The number of hydrogen-bond acceptors (Lipinski definition) is 4. The van der Waals surface area contributed by atoms with Crippen LogP contribution < -0.4 is 14.8 Å². The molecular formula is C28H19Cl2IN2O3. The van der Waals surface area contributed by atoms with E-state index in [2.05, 4.69) is 46.1 Å². The van der Waals surface area contributed by atoms with E-state index in [4.69, 9.17) is 32.7 Å². The number of nitriles is 1. The predicted molar refractivity (Wildman–Crippen MR) is 153 cm³/mol. The summed E-state index contributed by atoms with van der Waals surface area (Å²) in [6.07, 6.45) is 1.48. The summed E-state index contributed by atoms with van der Waals surface area (Å²) in [7, 11) is 1.54. The molecule has 4 aromatic rings. The zero-order valence-electron chi connectivity index (χ0n) is 19.0. The molecule has 1 N–H and O–H groups in total. The van der Waals surface area contributed by atoms with Crippen LogP contribution in [0, 0.1) is 14.9 Å². The Kier molecular flexibility index (Phi) is 8.36. The Morgan fingerprint density at radius 3 is 2.61 bits per heavy atom. The predicted octanol–water partition coefficient (Wildman–Crippen LogP) is 7.88. The molecule has 0 bridgehead atoms. The summed E-state index contributed by atoms with van der Waals surface area (Å²) >= 11 is 14.3. The van der Waals surface area contributed by atoms with E-state index in [0.717, 1.165) is 19.9 Å². The number of ether oxygens (including phenoxy) is 2. The van der Waals surface area contributed by atoms with Crippen LogP contribution >= 0.6 is 45.8 Å². The molecular weight excluding hydrogens is 610 g/mol. The number of carbonyl (C=O) groups is 1. The van der Waals surface area contributed by atoms with Gasteiger partial charge in [-0.15, -0.1) is 0 Å². The van der Waals surface area contributed by atoms with Crippen molar-refractivity contribution in [1.82, 2.24) is 0 Å². The van der Waals surface area contributed by atoms with Crippen LogP contribution in [0.4, 0.5) is 5.69 Å². The van der Waals surface area contributed by atoms with E-state index in [9.17, 15) is 10.1 Å². The van der Waals surface area contributed by atoms with Crippen molar-refractivity contribution < 1.29 is 14.3 Å². The highest BCUT2D eigenvalue weighted by Gasteiger charge is 2.16. The number of benzene rings is 4. The van der Waals surface area contributed by atoms with Crippen molar-refractivity contribution in [3.8, 4) is 17.6 Å². The normalized spacial score (nSPS) is 11.1. The van der Waals surface area contributed by atoms with Crippen LogP contribution in [0.3, 0.4) is 0 Å². The lowest BCUT2D eigenvalue weighted by Gasteiger charge is -2.15. The van der Waals surface area contributed by atoms with Crippen molar-refractivity contribution in [2.75, 3.05) is 12.4 Å². The topological polar surface area (TPSA) is 71.3 Å². The second kappa shape index (κ2) is 11.7. The summed E-state index contributed by atoms with van der Waals surface area (Å²) in [5, 5.41) is 15.0. The Labute approximate surface area is 232 Å². The zero-order valence-corrected chi connectivity index (χ0v) is 22.7. The number of methoxy groups -OCH3 is 1. The minimum atomic E-state index is -0.605. The summed E-state index contributed by atoms with van der Waals surface area (Å²) in [6.45, 7) is 0.356. The highest BCUT2D eigenvalue weighted by atomic mass is 127. The Morgan fingerprint density at radius 1 is 1.08 bits per heavy atom. The lowest BCUT2D eigenvalue weighted by atomic mass is 10.1. The summed E-state index contributed by atoms with van der Waals surface area (Å²) in [5.74, 6) is 0.466. The van der Waals surface area contributed by atoms with Gasteiger partial charge in [0.1, 0.15) is 18.2 Å². The molecule has 0 radical (unpaired) electrons. The van der Waals surface area contributed by atoms with Crippen LogP contribution in [-0.4, -0.2) is 13.0 Å². The van der Waals surface area contributed by atoms with Gasteiger partial charge in [0, 0.05) is 0 Å². The molecule has 36 heavy (non-hydrogen) atoms. The van der Waals surface area contributed by atoms with Gasteiger partial charge in [-0.1, -0.05) is 71.7 Å². The number of halogens is 3. The lowest BCUT2D eigenvalue weighted by Crippen LogP contribution is -2.13. The molecule has 0 spiro atoms.